The summed E-state index contributed by atoms with van der Waals surface area (Å²) in [5, 5.41) is 16.5. The molecule has 44 heavy (non-hydrogen) atoms. The molecule has 220 valence electrons. The normalized spacial score (nSPS) is 15.0. The zero-order chi connectivity index (χ0) is 30.2. The van der Waals surface area contributed by atoms with Gasteiger partial charge in [-0.15, -0.1) is 0 Å². The average Bonchev–Trinajstić information content (AvgIpc) is 3.66. The van der Waals surface area contributed by atoms with Gasteiger partial charge in [0.25, 0.3) is 5.91 Å². The predicted octanol–water partition coefficient (Wildman–Crippen LogP) is 6.37. The van der Waals surface area contributed by atoms with Crippen LogP contribution in [-0.2, 0) is 4.74 Å². The lowest BCUT2D eigenvalue weighted by Gasteiger charge is -2.23. The van der Waals surface area contributed by atoms with E-state index in [1.54, 1.807) is 42.9 Å². The summed E-state index contributed by atoms with van der Waals surface area (Å²) in [6, 6.07) is 16.1. The minimum Gasteiger partial charge on any atom is -0.464 e. The summed E-state index contributed by atoms with van der Waals surface area (Å²) in [6.45, 7) is 2.66. The zero-order valence-corrected chi connectivity index (χ0v) is 23.8. The molecule has 2 aromatic carbocycles. The molecule has 3 N–H and O–H groups in total. The molecule has 12 heteroatoms. The lowest BCUT2D eigenvalue weighted by atomic mass is 10.1. The summed E-state index contributed by atoms with van der Waals surface area (Å²) in [4.78, 5) is 43.4. The van der Waals surface area contributed by atoms with Crippen LogP contribution in [-0.4, -0.2) is 52.8 Å². The van der Waals surface area contributed by atoms with Crippen molar-refractivity contribution < 1.29 is 19.4 Å². The third kappa shape index (κ3) is 4.90. The maximum Gasteiger partial charge on any atom is 0.416 e. The van der Waals surface area contributed by atoms with Crippen molar-refractivity contribution in [3.63, 3.8) is 0 Å². The highest BCUT2D eigenvalue weighted by Crippen LogP contribution is 2.34. The fourth-order valence-corrected chi connectivity index (χ4v) is 5.58. The van der Waals surface area contributed by atoms with E-state index in [1.807, 2.05) is 35.8 Å². The number of carbonyl (C=O) groups excluding carboxylic acids is 1. The van der Waals surface area contributed by atoms with E-state index in [4.69, 9.17) is 4.74 Å². The van der Waals surface area contributed by atoms with E-state index in [2.05, 4.69) is 30.6 Å². The molecule has 1 fully saturated rings. The third-order valence-electron chi connectivity index (χ3n) is 7.80. The van der Waals surface area contributed by atoms with Crippen LogP contribution in [0, 0.1) is 6.92 Å². The first kappa shape index (κ1) is 27.2. The molecular weight excluding hydrogens is 560 g/mol. The number of imidazole rings is 1. The van der Waals surface area contributed by atoms with Gasteiger partial charge in [0.05, 0.1) is 17.4 Å². The largest absolute Gasteiger partial charge is 0.464 e. The number of anilines is 3. The maximum atomic E-state index is 13.3. The van der Waals surface area contributed by atoms with Crippen molar-refractivity contribution in [1.82, 2.24) is 29.1 Å². The van der Waals surface area contributed by atoms with Gasteiger partial charge in [-0.25, -0.2) is 24.7 Å². The summed E-state index contributed by atoms with van der Waals surface area (Å²) in [6.07, 6.45) is 8.07. The molecule has 0 bridgehead atoms. The lowest BCUT2D eigenvalue weighted by Crippen LogP contribution is -2.17. The van der Waals surface area contributed by atoms with Gasteiger partial charge in [0.1, 0.15) is 29.6 Å². The minimum absolute atomic E-state index is 0.107. The first-order valence-electron chi connectivity index (χ1n) is 14.2. The second-order valence-corrected chi connectivity index (χ2v) is 10.6. The Balaban J connectivity index is 1.19. The fraction of sp³-hybridized carbons (Fsp3) is 0.188. The van der Waals surface area contributed by atoms with Crippen LogP contribution in [0.5, 0.6) is 0 Å². The number of fused-ring (bicyclic) bond motifs is 2. The second kappa shape index (κ2) is 11.2. The van der Waals surface area contributed by atoms with E-state index in [0.29, 0.717) is 45.9 Å². The van der Waals surface area contributed by atoms with E-state index < -0.39 is 12.0 Å². The highest BCUT2D eigenvalue weighted by atomic mass is 16.5. The van der Waals surface area contributed by atoms with Crippen LogP contribution >= 0.6 is 0 Å². The van der Waals surface area contributed by atoms with Crippen molar-refractivity contribution in [3.05, 3.63) is 90.8 Å². The van der Waals surface area contributed by atoms with E-state index in [-0.39, 0.29) is 11.8 Å². The molecule has 7 rings (SSSR count). The maximum absolute atomic E-state index is 13.3. The predicted molar refractivity (Wildman–Crippen MR) is 165 cm³/mol. The van der Waals surface area contributed by atoms with Crippen molar-refractivity contribution in [2.45, 2.75) is 32.4 Å². The van der Waals surface area contributed by atoms with E-state index >= 15 is 0 Å². The molecule has 0 saturated carbocycles. The van der Waals surface area contributed by atoms with Gasteiger partial charge < -0.3 is 20.5 Å². The van der Waals surface area contributed by atoms with Crippen LogP contribution in [0.3, 0.4) is 0 Å². The Morgan fingerprint density at radius 1 is 1.02 bits per heavy atom. The Bertz CT molecular complexity index is 2040. The molecule has 5 heterocycles. The van der Waals surface area contributed by atoms with Gasteiger partial charge in [-0.3, -0.25) is 13.9 Å². The molecule has 6 aromatic rings. The number of rotatable bonds is 6. The number of ether oxygens (including phenoxy) is 1. The Kier molecular flexibility index (Phi) is 6.95. The standard InChI is InChI=1S/C32H28N8O4/c1-19-11-12-20(37-31(41)23-16-39(32(42)43)25-9-3-2-7-21(23)25)15-24(19)38-29-22(8-6-13-33-29)27-28-30(35-17-34-27)40(18-36-28)26-10-4-5-14-44-26/h2-3,6-9,11-13,15-18,26H,4-5,10,14H2,1H3,(H,33,38)(H,37,41)(H,42,43)/t26-/m0/s1. The Morgan fingerprint density at radius 2 is 1.91 bits per heavy atom. The number of para-hydroxylation sites is 1. The van der Waals surface area contributed by atoms with E-state index in [0.717, 1.165) is 40.6 Å². The quantitative estimate of drug-likeness (QED) is 0.202. The molecule has 0 aliphatic carbocycles. The number of hydrogen-bond donors (Lipinski definition) is 3. The highest BCUT2D eigenvalue weighted by molar-refractivity contribution is 6.14. The van der Waals surface area contributed by atoms with Crippen LogP contribution in [0.25, 0.3) is 33.3 Å². The Morgan fingerprint density at radius 3 is 2.75 bits per heavy atom. The van der Waals surface area contributed by atoms with E-state index in [9.17, 15) is 14.7 Å². The number of amides is 1. The van der Waals surface area contributed by atoms with Gasteiger partial charge in [-0.2, -0.15) is 0 Å². The topological polar surface area (TPSA) is 149 Å². The van der Waals surface area contributed by atoms with Crippen molar-refractivity contribution >= 4 is 51.3 Å². The highest BCUT2D eigenvalue weighted by Gasteiger charge is 2.22. The number of hydrogen-bond acceptors (Lipinski definition) is 8. The van der Waals surface area contributed by atoms with Crippen molar-refractivity contribution in [1.29, 1.82) is 0 Å². The summed E-state index contributed by atoms with van der Waals surface area (Å²) in [5.41, 5.74) is 5.60. The van der Waals surface area contributed by atoms with Crippen LogP contribution in [0.2, 0.25) is 0 Å². The Hall–Kier alpha value is -5.62. The number of benzene rings is 2. The molecule has 1 aliphatic rings. The number of carbonyl (C=O) groups is 2. The molecule has 4 aromatic heterocycles. The zero-order valence-electron chi connectivity index (χ0n) is 23.8. The van der Waals surface area contributed by atoms with Crippen LogP contribution in [0.1, 0.15) is 41.4 Å². The summed E-state index contributed by atoms with van der Waals surface area (Å²) >= 11 is 0. The number of aromatic nitrogens is 6. The van der Waals surface area contributed by atoms with Gasteiger partial charge in [-0.05, 0) is 62.1 Å². The molecule has 1 atom stereocenters. The molecule has 0 unspecified atom stereocenters. The molecule has 12 nitrogen and oxygen atoms in total. The molecular formula is C32H28N8O4. The lowest BCUT2D eigenvalue weighted by molar-refractivity contribution is -0.0298. The van der Waals surface area contributed by atoms with Gasteiger partial charge in [-0.1, -0.05) is 24.3 Å². The molecule has 0 radical (unpaired) electrons. The number of nitrogens with zero attached hydrogens (tertiary/aromatic N) is 6. The number of nitrogens with one attached hydrogen (secondary N) is 2. The molecule has 1 aliphatic heterocycles. The first-order valence-corrected chi connectivity index (χ1v) is 14.2. The SMILES string of the molecule is Cc1ccc(NC(=O)c2cn(C(=O)O)c3ccccc23)cc1Nc1ncccc1-c1ncnc2c1ncn2[C@@H]1CCCCO1. The smallest absolute Gasteiger partial charge is 0.416 e. The van der Waals surface area contributed by atoms with Crippen LogP contribution < -0.4 is 10.6 Å². The van der Waals surface area contributed by atoms with E-state index in [1.165, 1.54) is 12.5 Å². The average molecular weight is 589 g/mol. The summed E-state index contributed by atoms with van der Waals surface area (Å²) in [5.74, 6) is 0.141. The Labute approximate surface area is 251 Å². The van der Waals surface area contributed by atoms with Gasteiger partial charge in [0.15, 0.2) is 5.65 Å². The number of aryl methyl sites for hydroxylation is 1. The van der Waals surface area contributed by atoms with Crippen molar-refractivity contribution in [3.8, 4) is 11.3 Å². The number of pyridine rings is 1. The second-order valence-electron chi connectivity index (χ2n) is 10.6. The minimum atomic E-state index is -1.16. The summed E-state index contributed by atoms with van der Waals surface area (Å²) in [7, 11) is 0. The van der Waals surface area contributed by atoms with Gasteiger partial charge in [0, 0.05) is 41.3 Å². The van der Waals surface area contributed by atoms with Gasteiger partial charge in [0.2, 0.25) is 0 Å². The van der Waals surface area contributed by atoms with Gasteiger partial charge >= 0.3 is 6.09 Å². The van der Waals surface area contributed by atoms with Crippen LogP contribution in [0.15, 0.2) is 79.6 Å². The third-order valence-corrected chi connectivity index (χ3v) is 7.80. The first-order chi connectivity index (χ1) is 21.5. The fourth-order valence-electron chi connectivity index (χ4n) is 5.58. The van der Waals surface area contributed by atoms with Crippen molar-refractivity contribution in [2.24, 2.45) is 0 Å². The van der Waals surface area contributed by atoms with Crippen LogP contribution in [0.4, 0.5) is 22.0 Å². The monoisotopic (exact) mass is 588 g/mol. The molecule has 0 spiro atoms. The number of carboxylic acid groups (broad SMARTS) is 1. The summed E-state index contributed by atoms with van der Waals surface area (Å²) < 4.78 is 8.98. The molecule has 1 amide bonds. The van der Waals surface area contributed by atoms with Crippen molar-refractivity contribution in [2.75, 3.05) is 17.2 Å². The molecule has 1 saturated heterocycles.